The van der Waals surface area contributed by atoms with Crippen LogP contribution < -0.4 is 5.32 Å². The lowest BCUT2D eigenvalue weighted by Crippen LogP contribution is -1.99. The van der Waals surface area contributed by atoms with Crippen molar-refractivity contribution in [1.82, 2.24) is 9.97 Å². The Bertz CT molecular complexity index is 489. The zero-order chi connectivity index (χ0) is 11.5. The minimum Gasteiger partial charge on any atom is -0.324 e. The van der Waals surface area contributed by atoms with Crippen molar-refractivity contribution in [3.63, 3.8) is 0 Å². The Morgan fingerprint density at radius 1 is 1.00 bits per heavy atom. The van der Waals surface area contributed by atoms with Crippen molar-refractivity contribution in [3.8, 4) is 0 Å². The Balaban J connectivity index is 2.27. The van der Waals surface area contributed by atoms with Crippen LogP contribution in [0.2, 0.25) is 0 Å². The molecule has 1 heterocycles. The molecule has 0 unspecified atom stereocenters. The van der Waals surface area contributed by atoms with E-state index in [2.05, 4.69) is 35.2 Å². The summed E-state index contributed by atoms with van der Waals surface area (Å²) in [5.74, 6) is 0.638. The number of anilines is 2. The van der Waals surface area contributed by atoms with Gasteiger partial charge >= 0.3 is 0 Å². The van der Waals surface area contributed by atoms with Gasteiger partial charge in [-0.2, -0.15) is 0 Å². The fourth-order valence-corrected chi connectivity index (χ4v) is 1.46. The summed E-state index contributed by atoms with van der Waals surface area (Å²) in [4.78, 5) is 8.44. The molecule has 2 rings (SSSR count). The molecule has 0 radical (unpaired) electrons. The highest BCUT2D eigenvalue weighted by atomic mass is 15.1. The first kappa shape index (κ1) is 10.6. The van der Waals surface area contributed by atoms with Crippen LogP contribution in [-0.4, -0.2) is 9.97 Å². The van der Waals surface area contributed by atoms with Crippen LogP contribution in [0.4, 0.5) is 11.6 Å². The molecule has 1 aromatic heterocycles. The third-order valence-corrected chi connectivity index (χ3v) is 2.63. The molecule has 0 amide bonds. The molecule has 3 nitrogen and oxygen atoms in total. The Morgan fingerprint density at radius 2 is 1.69 bits per heavy atom. The van der Waals surface area contributed by atoms with Crippen LogP contribution >= 0.6 is 0 Å². The minimum atomic E-state index is 0.638. The van der Waals surface area contributed by atoms with Crippen molar-refractivity contribution in [2.75, 3.05) is 5.32 Å². The maximum absolute atomic E-state index is 4.22. The van der Waals surface area contributed by atoms with E-state index >= 15 is 0 Å². The van der Waals surface area contributed by atoms with E-state index in [9.17, 15) is 0 Å². The topological polar surface area (TPSA) is 37.8 Å². The average molecular weight is 213 g/mol. The first-order chi connectivity index (χ1) is 7.66. The molecular formula is C13H15N3. The standard InChI is InChI=1S/C13H15N3/c1-9-7-14-13(15-8-9)16-12-6-4-5-10(2)11(12)3/h4-8H,1-3H3,(H,14,15,16). The van der Waals surface area contributed by atoms with Crippen molar-refractivity contribution in [2.24, 2.45) is 0 Å². The summed E-state index contributed by atoms with van der Waals surface area (Å²) < 4.78 is 0. The lowest BCUT2D eigenvalue weighted by atomic mass is 10.1. The number of aromatic nitrogens is 2. The monoisotopic (exact) mass is 213 g/mol. The SMILES string of the molecule is Cc1cnc(Nc2cccc(C)c2C)nc1. The van der Waals surface area contributed by atoms with Crippen LogP contribution in [0.25, 0.3) is 0 Å². The van der Waals surface area contributed by atoms with Gasteiger partial charge in [0.15, 0.2) is 0 Å². The summed E-state index contributed by atoms with van der Waals surface area (Å²) in [5, 5.41) is 3.22. The Morgan fingerprint density at radius 3 is 2.38 bits per heavy atom. The van der Waals surface area contributed by atoms with Crippen LogP contribution in [0.1, 0.15) is 16.7 Å². The minimum absolute atomic E-state index is 0.638. The molecule has 0 fully saturated rings. The van der Waals surface area contributed by atoms with Gasteiger partial charge in [0.2, 0.25) is 5.95 Å². The van der Waals surface area contributed by atoms with Crippen LogP contribution in [0.5, 0.6) is 0 Å². The van der Waals surface area contributed by atoms with Gasteiger partial charge in [0, 0.05) is 18.1 Å². The fourth-order valence-electron chi connectivity index (χ4n) is 1.46. The van der Waals surface area contributed by atoms with E-state index in [-0.39, 0.29) is 0 Å². The molecule has 2 aromatic rings. The van der Waals surface area contributed by atoms with Gasteiger partial charge in [-0.25, -0.2) is 9.97 Å². The summed E-state index contributed by atoms with van der Waals surface area (Å²) in [6.45, 7) is 6.16. The van der Waals surface area contributed by atoms with E-state index < -0.39 is 0 Å². The molecule has 1 aromatic carbocycles. The van der Waals surface area contributed by atoms with E-state index in [4.69, 9.17) is 0 Å². The second kappa shape index (κ2) is 4.31. The van der Waals surface area contributed by atoms with Crippen LogP contribution in [0, 0.1) is 20.8 Å². The van der Waals surface area contributed by atoms with Crippen molar-refractivity contribution in [1.29, 1.82) is 0 Å². The third-order valence-electron chi connectivity index (χ3n) is 2.63. The summed E-state index contributed by atoms with van der Waals surface area (Å²) >= 11 is 0. The van der Waals surface area contributed by atoms with Gasteiger partial charge in [-0.3, -0.25) is 0 Å². The zero-order valence-electron chi connectivity index (χ0n) is 9.78. The molecule has 1 N–H and O–H groups in total. The fraction of sp³-hybridized carbons (Fsp3) is 0.231. The quantitative estimate of drug-likeness (QED) is 0.832. The van der Waals surface area contributed by atoms with E-state index in [0.29, 0.717) is 5.95 Å². The zero-order valence-corrected chi connectivity index (χ0v) is 9.78. The lowest BCUT2D eigenvalue weighted by molar-refractivity contribution is 1.13. The second-order valence-electron chi connectivity index (χ2n) is 3.96. The van der Waals surface area contributed by atoms with E-state index in [1.165, 1.54) is 11.1 Å². The smallest absolute Gasteiger partial charge is 0.227 e. The van der Waals surface area contributed by atoms with Crippen LogP contribution in [-0.2, 0) is 0 Å². The highest BCUT2D eigenvalue weighted by Gasteiger charge is 2.02. The first-order valence-corrected chi connectivity index (χ1v) is 5.28. The second-order valence-corrected chi connectivity index (χ2v) is 3.96. The van der Waals surface area contributed by atoms with E-state index in [1.807, 2.05) is 19.1 Å². The van der Waals surface area contributed by atoms with E-state index in [0.717, 1.165) is 11.3 Å². The molecule has 16 heavy (non-hydrogen) atoms. The molecule has 0 atom stereocenters. The van der Waals surface area contributed by atoms with Gasteiger partial charge in [-0.15, -0.1) is 0 Å². The van der Waals surface area contributed by atoms with E-state index in [1.54, 1.807) is 12.4 Å². The van der Waals surface area contributed by atoms with Gasteiger partial charge in [-0.1, -0.05) is 12.1 Å². The van der Waals surface area contributed by atoms with Crippen molar-refractivity contribution in [3.05, 3.63) is 47.3 Å². The van der Waals surface area contributed by atoms with Crippen LogP contribution in [0.15, 0.2) is 30.6 Å². The summed E-state index contributed by atoms with van der Waals surface area (Å²) in [6.07, 6.45) is 3.61. The van der Waals surface area contributed by atoms with Gasteiger partial charge in [0.05, 0.1) is 0 Å². The molecule has 0 aliphatic carbocycles. The number of hydrogen-bond acceptors (Lipinski definition) is 3. The van der Waals surface area contributed by atoms with Gasteiger partial charge < -0.3 is 5.32 Å². The van der Waals surface area contributed by atoms with Crippen LogP contribution in [0.3, 0.4) is 0 Å². The molecule has 82 valence electrons. The lowest BCUT2D eigenvalue weighted by Gasteiger charge is -2.09. The number of nitrogens with zero attached hydrogens (tertiary/aromatic N) is 2. The number of hydrogen-bond donors (Lipinski definition) is 1. The number of rotatable bonds is 2. The third kappa shape index (κ3) is 2.19. The normalized spacial score (nSPS) is 10.2. The molecular weight excluding hydrogens is 198 g/mol. The van der Waals surface area contributed by atoms with Crippen molar-refractivity contribution in [2.45, 2.75) is 20.8 Å². The van der Waals surface area contributed by atoms with Gasteiger partial charge in [0.25, 0.3) is 0 Å². The molecule has 0 saturated heterocycles. The van der Waals surface area contributed by atoms with Crippen molar-refractivity contribution < 1.29 is 0 Å². The molecule has 0 saturated carbocycles. The summed E-state index contributed by atoms with van der Waals surface area (Å²) in [7, 11) is 0. The number of nitrogens with one attached hydrogen (secondary N) is 1. The molecule has 0 spiro atoms. The average Bonchev–Trinajstić information content (AvgIpc) is 2.28. The molecule has 3 heteroatoms. The summed E-state index contributed by atoms with van der Waals surface area (Å²) in [6, 6.07) is 6.15. The first-order valence-electron chi connectivity index (χ1n) is 5.28. The van der Waals surface area contributed by atoms with Crippen molar-refractivity contribution >= 4 is 11.6 Å². The maximum Gasteiger partial charge on any atom is 0.227 e. The molecule has 0 aliphatic rings. The predicted molar refractivity (Wildman–Crippen MR) is 66.0 cm³/mol. The Hall–Kier alpha value is -1.90. The maximum atomic E-state index is 4.22. The highest BCUT2D eigenvalue weighted by molar-refractivity contribution is 5.59. The predicted octanol–water partition coefficient (Wildman–Crippen LogP) is 3.15. The van der Waals surface area contributed by atoms with Gasteiger partial charge in [-0.05, 0) is 43.5 Å². The largest absolute Gasteiger partial charge is 0.324 e. The number of aryl methyl sites for hydroxylation is 2. The molecule has 0 bridgehead atoms. The number of benzene rings is 1. The van der Waals surface area contributed by atoms with Gasteiger partial charge in [0.1, 0.15) is 0 Å². The Labute approximate surface area is 95.6 Å². The summed E-state index contributed by atoms with van der Waals surface area (Å²) in [5.41, 5.74) is 4.61. The Kier molecular flexibility index (Phi) is 2.86. The molecule has 0 aliphatic heterocycles. The highest BCUT2D eigenvalue weighted by Crippen LogP contribution is 2.20.